The molecule has 2 N–H and O–H groups in total. The van der Waals surface area contributed by atoms with Gasteiger partial charge in [-0.25, -0.2) is 4.39 Å². The summed E-state index contributed by atoms with van der Waals surface area (Å²) in [6.07, 6.45) is 0.711. The molecule has 4 nitrogen and oxygen atoms in total. The first kappa shape index (κ1) is 13.4. The fourth-order valence-electron chi connectivity index (χ4n) is 1.46. The lowest BCUT2D eigenvalue weighted by atomic mass is 10.1. The summed E-state index contributed by atoms with van der Waals surface area (Å²) in [5.74, 6) is -0.923. The van der Waals surface area contributed by atoms with Gasteiger partial charge in [-0.2, -0.15) is 0 Å². The highest BCUT2D eigenvalue weighted by molar-refractivity contribution is 5.95. The van der Waals surface area contributed by atoms with Crippen molar-refractivity contribution in [2.75, 3.05) is 33.0 Å². The molecule has 94 valence electrons. The van der Waals surface area contributed by atoms with E-state index in [0.717, 1.165) is 0 Å². The Bertz CT molecular complexity index is 396. The van der Waals surface area contributed by atoms with Crippen LogP contribution in [-0.4, -0.2) is 38.1 Å². The van der Waals surface area contributed by atoms with Crippen molar-refractivity contribution in [3.63, 3.8) is 0 Å². The molecule has 0 fully saturated rings. The van der Waals surface area contributed by atoms with E-state index in [1.54, 1.807) is 14.2 Å². The molecule has 5 heteroatoms. The lowest BCUT2D eigenvalue weighted by Gasteiger charge is -2.17. The number of anilines is 1. The Morgan fingerprint density at radius 1 is 1.53 bits per heavy atom. The first-order chi connectivity index (χ1) is 8.06. The third-order valence-electron chi connectivity index (χ3n) is 2.41. The summed E-state index contributed by atoms with van der Waals surface area (Å²) in [6, 6.07) is 3.98. The molecule has 0 saturated carbocycles. The summed E-state index contributed by atoms with van der Waals surface area (Å²) >= 11 is 0. The second-order valence-electron chi connectivity index (χ2n) is 3.81. The van der Waals surface area contributed by atoms with Crippen LogP contribution in [0, 0.1) is 5.82 Å². The van der Waals surface area contributed by atoms with Crippen molar-refractivity contribution >= 4 is 11.6 Å². The lowest BCUT2D eigenvalue weighted by molar-refractivity contribution is 0.0775. The molecule has 0 unspecified atom stereocenters. The van der Waals surface area contributed by atoms with Gasteiger partial charge in [-0.3, -0.25) is 4.79 Å². The van der Waals surface area contributed by atoms with Crippen molar-refractivity contribution in [2.45, 2.75) is 6.42 Å². The van der Waals surface area contributed by atoms with Crippen LogP contribution in [0.15, 0.2) is 18.2 Å². The number of halogens is 1. The number of nitrogen functional groups attached to an aromatic ring is 1. The van der Waals surface area contributed by atoms with Gasteiger partial charge < -0.3 is 15.4 Å². The minimum Gasteiger partial charge on any atom is -0.399 e. The van der Waals surface area contributed by atoms with Gasteiger partial charge in [-0.05, 0) is 24.6 Å². The number of hydrogen-bond acceptors (Lipinski definition) is 3. The molecule has 0 saturated heterocycles. The number of hydrogen-bond donors (Lipinski definition) is 1. The molecular formula is C12H17FN2O2. The van der Waals surface area contributed by atoms with Gasteiger partial charge in [-0.15, -0.1) is 0 Å². The fourth-order valence-corrected chi connectivity index (χ4v) is 1.46. The number of rotatable bonds is 5. The number of benzene rings is 1. The number of nitrogens with two attached hydrogens (primary N) is 1. The van der Waals surface area contributed by atoms with Crippen LogP contribution in [-0.2, 0) is 4.74 Å². The van der Waals surface area contributed by atoms with Crippen molar-refractivity contribution in [1.82, 2.24) is 4.90 Å². The molecule has 1 aromatic rings. The predicted molar refractivity (Wildman–Crippen MR) is 64.3 cm³/mol. The summed E-state index contributed by atoms with van der Waals surface area (Å²) in [4.78, 5) is 13.4. The number of nitrogens with zero attached hydrogens (tertiary/aromatic N) is 1. The average molecular weight is 240 g/mol. The largest absolute Gasteiger partial charge is 0.399 e. The Balaban J connectivity index is 2.71. The van der Waals surface area contributed by atoms with Crippen LogP contribution in [0.4, 0.5) is 10.1 Å². The molecule has 0 radical (unpaired) electrons. The van der Waals surface area contributed by atoms with Crippen LogP contribution in [0.3, 0.4) is 0 Å². The Morgan fingerprint density at radius 3 is 2.88 bits per heavy atom. The van der Waals surface area contributed by atoms with Crippen molar-refractivity contribution in [3.05, 3.63) is 29.6 Å². The second-order valence-corrected chi connectivity index (χ2v) is 3.81. The van der Waals surface area contributed by atoms with Crippen LogP contribution >= 0.6 is 0 Å². The Labute approximate surface area is 100 Å². The highest BCUT2D eigenvalue weighted by atomic mass is 19.1. The van der Waals surface area contributed by atoms with Gasteiger partial charge in [0.25, 0.3) is 5.91 Å². The molecule has 1 rings (SSSR count). The van der Waals surface area contributed by atoms with Crippen molar-refractivity contribution in [3.8, 4) is 0 Å². The number of amides is 1. The van der Waals surface area contributed by atoms with Crippen molar-refractivity contribution in [2.24, 2.45) is 0 Å². The minimum absolute atomic E-state index is 0.00455. The van der Waals surface area contributed by atoms with Gasteiger partial charge in [0.1, 0.15) is 5.82 Å². The normalized spacial score (nSPS) is 10.3. The molecule has 1 amide bonds. The van der Waals surface area contributed by atoms with Gasteiger partial charge >= 0.3 is 0 Å². The maximum Gasteiger partial charge on any atom is 0.256 e. The van der Waals surface area contributed by atoms with Crippen LogP contribution in [0.25, 0.3) is 0 Å². The SMILES string of the molecule is COCCCN(C)C(=O)c1cc(N)ccc1F. The summed E-state index contributed by atoms with van der Waals surface area (Å²) < 4.78 is 18.3. The van der Waals surface area contributed by atoms with E-state index in [1.807, 2.05) is 0 Å². The molecule has 0 heterocycles. The quantitative estimate of drug-likeness (QED) is 0.627. The minimum atomic E-state index is -0.553. The smallest absolute Gasteiger partial charge is 0.256 e. The number of ether oxygens (including phenoxy) is 1. The van der Waals surface area contributed by atoms with E-state index >= 15 is 0 Å². The topological polar surface area (TPSA) is 55.6 Å². The molecule has 17 heavy (non-hydrogen) atoms. The van der Waals surface area contributed by atoms with Crippen LogP contribution in [0.1, 0.15) is 16.8 Å². The molecule has 1 aromatic carbocycles. The van der Waals surface area contributed by atoms with Crippen LogP contribution < -0.4 is 5.73 Å². The van der Waals surface area contributed by atoms with Crippen molar-refractivity contribution < 1.29 is 13.9 Å². The molecule has 0 spiro atoms. The monoisotopic (exact) mass is 240 g/mol. The highest BCUT2D eigenvalue weighted by Gasteiger charge is 2.15. The van der Waals surface area contributed by atoms with Crippen LogP contribution in [0.5, 0.6) is 0 Å². The average Bonchev–Trinajstić information content (AvgIpc) is 2.31. The van der Waals surface area contributed by atoms with Gasteiger partial charge in [0, 0.05) is 33.0 Å². The maximum atomic E-state index is 13.4. The molecule has 0 atom stereocenters. The fraction of sp³-hybridized carbons (Fsp3) is 0.417. The number of carbonyl (C=O) groups excluding carboxylic acids is 1. The van der Waals surface area contributed by atoms with E-state index in [2.05, 4.69) is 0 Å². The molecule has 0 aliphatic rings. The number of methoxy groups -OCH3 is 1. The Morgan fingerprint density at radius 2 is 2.24 bits per heavy atom. The van der Waals surface area contributed by atoms with Gasteiger partial charge in [0.15, 0.2) is 0 Å². The third-order valence-corrected chi connectivity index (χ3v) is 2.41. The van der Waals surface area contributed by atoms with Gasteiger partial charge in [-0.1, -0.05) is 0 Å². The standard InChI is InChI=1S/C12H17FN2O2/c1-15(6-3-7-17-2)12(16)10-8-9(14)4-5-11(10)13/h4-5,8H,3,6-7,14H2,1-2H3. The summed E-state index contributed by atoms with van der Waals surface area (Å²) in [7, 11) is 3.22. The first-order valence-corrected chi connectivity index (χ1v) is 5.35. The van der Waals surface area contributed by atoms with E-state index in [-0.39, 0.29) is 11.5 Å². The number of carbonyl (C=O) groups is 1. The Hall–Kier alpha value is -1.62. The predicted octanol–water partition coefficient (Wildman–Crippen LogP) is 1.52. The van der Waals surface area contributed by atoms with E-state index < -0.39 is 5.82 Å². The lowest BCUT2D eigenvalue weighted by Crippen LogP contribution is -2.29. The Kier molecular flexibility index (Phi) is 4.90. The summed E-state index contributed by atoms with van der Waals surface area (Å²) in [6.45, 7) is 1.08. The van der Waals surface area contributed by atoms with Gasteiger partial charge in [0.05, 0.1) is 5.56 Å². The zero-order chi connectivity index (χ0) is 12.8. The van der Waals surface area contributed by atoms with E-state index in [4.69, 9.17) is 10.5 Å². The van der Waals surface area contributed by atoms with E-state index in [0.29, 0.717) is 25.3 Å². The molecule has 0 aliphatic heterocycles. The van der Waals surface area contributed by atoms with Gasteiger partial charge in [0.2, 0.25) is 0 Å². The van der Waals surface area contributed by atoms with Crippen LogP contribution in [0.2, 0.25) is 0 Å². The zero-order valence-corrected chi connectivity index (χ0v) is 10.1. The molecule has 0 aliphatic carbocycles. The highest BCUT2D eigenvalue weighted by Crippen LogP contribution is 2.14. The zero-order valence-electron chi connectivity index (χ0n) is 10.1. The first-order valence-electron chi connectivity index (χ1n) is 5.35. The van der Waals surface area contributed by atoms with E-state index in [9.17, 15) is 9.18 Å². The second kappa shape index (κ2) is 6.20. The third kappa shape index (κ3) is 3.71. The van der Waals surface area contributed by atoms with E-state index in [1.165, 1.54) is 23.1 Å². The maximum absolute atomic E-state index is 13.4. The molecule has 0 bridgehead atoms. The summed E-state index contributed by atoms with van der Waals surface area (Å²) in [5.41, 5.74) is 5.91. The molecular weight excluding hydrogens is 223 g/mol. The summed E-state index contributed by atoms with van der Waals surface area (Å²) in [5, 5.41) is 0. The molecule has 0 aromatic heterocycles. The van der Waals surface area contributed by atoms with Crippen molar-refractivity contribution in [1.29, 1.82) is 0 Å².